The Morgan fingerprint density at radius 3 is 2.55 bits per heavy atom. The fourth-order valence-electron chi connectivity index (χ4n) is 3.16. The first-order valence-corrected chi connectivity index (χ1v) is 9.72. The second-order valence-electron chi connectivity index (χ2n) is 7.80. The quantitative estimate of drug-likeness (QED) is 0.562. The molecule has 1 aromatic carbocycles. The summed E-state index contributed by atoms with van der Waals surface area (Å²) < 4.78 is 60.9. The Morgan fingerprint density at radius 2 is 1.93 bits per heavy atom. The maximum absolute atomic E-state index is 13.4. The van der Waals surface area contributed by atoms with Crippen LogP contribution in [0.4, 0.5) is 22.4 Å². The summed E-state index contributed by atoms with van der Waals surface area (Å²) in [6, 6.07) is 2.65. The van der Waals surface area contributed by atoms with Crippen molar-refractivity contribution in [1.29, 1.82) is 0 Å². The van der Waals surface area contributed by atoms with Crippen molar-refractivity contribution < 1.29 is 27.1 Å². The molecule has 0 spiro atoms. The molecule has 0 fully saturated rings. The molecule has 1 aliphatic heterocycles. The number of amides is 1. The zero-order chi connectivity index (χ0) is 21.6. The molecule has 158 valence electrons. The summed E-state index contributed by atoms with van der Waals surface area (Å²) in [7, 11) is 0. The summed E-state index contributed by atoms with van der Waals surface area (Å²) >= 11 is 3.31. The number of nitrogens with zero attached hydrogens (tertiary/aromatic N) is 3. The van der Waals surface area contributed by atoms with E-state index in [4.69, 9.17) is 4.74 Å². The van der Waals surface area contributed by atoms with Gasteiger partial charge in [-0.25, -0.2) is 14.2 Å². The van der Waals surface area contributed by atoms with Gasteiger partial charge in [0.05, 0.1) is 17.8 Å². The summed E-state index contributed by atoms with van der Waals surface area (Å²) in [5, 5.41) is 0. The van der Waals surface area contributed by atoms with Crippen molar-refractivity contribution in [2.45, 2.75) is 52.1 Å². The molecule has 0 atom stereocenters. The van der Waals surface area contributed by atoms with Crippen LogP contribution in [0.5, 0.6) is 0 Å². The Hall–Kier alpha value is -2.10. The monoisotopic (exact) mass is 477 g/mol. The smallest absolute Gasteiger partial charge is 0.416 e. The normalized spacial score (nSPS) is 14.7. The summed E-state index contributed by atoms with van der Waals surface area (Å²) in [5.74, 6) is -0.400. The number of halogens is 5. The van der Waals surface area contributed by atoms with E-state index in [1.165, 1.54) is 4.90 Å². The van der Waals surface area contributed by atoms with Crippen LogP contribution >= 0.6 is 15.9 Å². The maximum atomic E-state index is 13.4. The second kappa shape index (κ2) is 7.62. The van der Waals surface area contributed by atoms with Crippen molar-refractivity contribution in [1.82, 2.24) is 14.5 Å². The van der Waals surface area contributed by atoms with Crippen molar-refractivity contribution in [2.75, 3.05) is 6.54 Å². The van der Waals surface area contributed by atoms with Crippen molar-refractivity contribution in [3.05, 3.63) is 51.3 Å². The number of imidazole rings is 1. The first-order valence-electron chi connectivity index (χ1n) is 8.92. The summed E-state index contributed by atoms with van der Waals surface area (Å²) in [4.78, 5) is 18.2. The molecule has 1 aromatic heterocycles. The van der Waals surface area contributed by atoms with Gasteiger partial charge in [-0.05, 0) is 54.4 Å². The highest BCUT2D eigenvalue weighted by atomic mass is 79.9. The van der Waals surface area contributed by atoms with Crippen LogP contribution in [-0.4, -0.2) is 32.7 Å². The molecule has 2 aromatic rings. The molecule has 1 amide bonds. The fourth-order valence-corrected chi connectivity index (χ4v) is 3.72. The standard InChI is InChI=1S/C19H20BrF4N3O2/c1-18(2,3)29-17(28)26-6-7-27-14(16(20)25-15(27)10-26)8-11-4-5-12(21)9-13(11)19(22,23)24/h4-5,9H,6-8,10H2,1-3H3. The minimum Gasteiger partial charge on any atom is -0.444 e. The van der Waals surface area contributed by atoms with E-state index in [0.29, 0.717) is 35.3 Å². The lowest BCUT2D eigenvalue weighted by Gasteiger charge is -2.31. The third kappa shape index (κ3) is 4.91. The number of ether oxygens (including phenoxy) is 1. The number of fused-ring (bicyclic) bond motifs is 1. The number of rotatable bonds is 2. The highest BCUT2D eigenvalue weighted by Gasteiger charge is 2.35. The first-order chi connectivity index (χ1) is 13.3. The Kier molecular flexibility index (Phi) is 5.68. The number of hydrogen-bond acceptors (Lipinski definition) is 3. The van der Waals surface area contributed by atoms with Gasteiger partial charge < -0.3 is 9.30 Å². The van der Waals surface area contributed by atoms with Crippen LogP contribution in [-0.2, 0) is 30.4 Å². The van der Waals surface area contributed by atoms with E-state index < -0.39 is 29.3 Å². The van der Waals surface area contributed by atoms with Crippen LogP contribution in [0.15, 0.2) is 22.8 Å². The third-order valence-electron chi connectivity index (χ3n) is 4.42. The molecule has 0 saturated carbocycles. The molecular weight excluding hydrogens is 458 g/mol. The lowest BCUT2D eigenvalue weighted by Crippen LogP contribution is -2.41. The number of alkyl halides is 3. The Labute approximate surface area is 173 Å². The molecule has 0 aliphatic carbocycles. The molecule has 0 N–H and O–H groups in total. The minimum absolute atomic E-state index is 0.0446. The predicted molar refractivity (Wildman–Crippen MR) is 101 cm³/mol. The van der Waals surface area contributed by atoms with Gasteiger partial charge in [-0.2, -0.15) is 13.2 Å². The van der Waals surface area contributed by atoms with Gasteiger partial charge in [0.25, 0.3) is 0 Å². The highest BCUT2D eigenvalue weighted by molar-refractivity contribution is 9.10. The first kappa shape index (κ1) is 21.6. The van der Waals surface area contributed by atoms with E-state index in [1.807, 2.05) is 0 Å². The van der Waals surface area contributed by atoms with Crippen LogP contribution in [0.25, 0.3) is 0 Å². The van der Waals surface area contributed by atoms with Crippen LogP contribution in [0.2, 0.25) is 0 Å². The van der Waals surface area contributed by atoms with Gasteiger partial charge in [0.2, 0.25) is 0 Å². The van der Waals surface area contributed by atoms with Gasteiger partial charge in [-0.3, -0.25) is 4.90 Å². The van der Waals surface area contributed by atoms with Crippen LogP contribution < -0.4 is 0 Å². The van der Waals surface area contributed by atoms with E-state index in [2.05, 4.69) is 20.9 Å². The van der Waals surface area contributed by atoms with Gasteiger partial charge in [0.1, 0.15) is 21.8 Å². The lowest BCUT2D eigenvalue weighted by molar-refractivity contribution is -0.138. The van der Waals surface area contributed by atoms with Gasteiger partial charge in [0.15, 0.2) is 0 Å². The van der Waals surface area contributed by atoms with E-state index in [1.54, 1.807) is 25.3 Å². The van der Waals surface area contributed by atoms with Crippen molar-refractivity contribution in [2.24, 2.45) is 0 Å². The molecule has 29 heavy (non-hydrogen) atoms. The fraction of sp³-hybridized carbons (Fsp3) is 0.474. The molecular formula is C19H20BrF4N3O2. The van der Waals surface area contributed by atoms with Crippen LogP contribution in [0.1, 0.15) is 43.4 Å². The van der Waals surface area contributed by atoms with Crippen molar-refractivity contribution in [3.63, 3.8) is 0 Å². The van der Waals surface area contributed by atoms with Gasteiger partial charge >= 0.3 is 12.3 Å². The Balaban J connectivity index is 1.87. The largest absolute Gasteiger partial charge is 0.444 e. The van der Waals surface area contributed by atoms with Gasteiger partial charge in [-0.15, -0.1) is 0 Å². The number of carbonyl (C=O) groups is 1. The van der Waals surface area contributed by atoms with Gasteiger partial charge in [0, 0.05) is 19.5 Å². The van der Waals surface area contributed by atoms with E-state index >= 15 is 0 Å². The Bertz CT molecular complexity index is 935. The molecule has 5 nitrogen and oxygen atoms in total. The number of aromatic nitrogens is 2. The summed E-state index contributed by atoms with van der Waals surface area (Å²) in [5.41, 5.74) is -1.14. The molecule has 0 unspecified atom stereocenters. The SMILES string of the molecule is CC(C)(C)OC(=O)N1CCn2c(nc(Br)c2Cc2ccc(F)cc2C(F)(F)F)C1. The molecule has 1 aliphatic rings. The molecule has 10 heteroatoms. The molecule has 3 rings (SSSR count). The molecule has 2 heterocycles. The minimum atomic E-state index is -4.66. The van der Waals surface area contributed by atoms with Crippen LogP contribution in [0.3, 0.4) is 0 Å². The number of hydrogen-bond donors (Lipinski definition) is 0. The van der Waals surface area contributed by atoms with Gasteiger partial charge in [-0.1, -0.05) is 6.07 Å². The second-order valence-corrected chi connectivity index (χ2v) is 8.55. The molecule has 0 saturated heterocycles. The topological polar surface area (TPSA) is 47.4 Å². The lowest BCUT2D eigenvalue weighted by atomic mass is 10.0. The molecule has 0 bridgehead atoms. The summed E-state index contributed by atoms with van der Waals surface area (Å²) in [6.07, 6.45) is -5.21. The zero-order valence-electron chi connectivity index (χ0n) is 16.1. The maximum Gasteiger partial charge on any atom is 0.416 e. The van der Waals surface area contributed by atoms with E-state index in [0.717, 1.165) is 12.1 Å². The van der Waals surface area contributed by atoms with Crippen molar-refractivity contribution >= 4 is 22.0 Å². The molecule has 0 radical (unpaired) electrons. The Morgan fingerprint density at radius 1 is 1.24 bits per heavy atom. The highest BCUT2D eigenvalue weighted by Crippen LogP contribution is 2.35. The zero-order valence-corrected chi connectivity index (χ0v) is 17.7. The average molecular weight is 478 g/mol. The number of benzene rings is 1. The predicted octanol–water partition coefficient (Wildman–Crippen LogP) is 5.15. The number of carbonyl (C=O) groups excluding carboxylic acids is 1. The van der Waals surface area contributed by atoms with E-state index in [9.17, 15) is 22.4 Å². The van der Waals surface area contributed by atoms with Crippen LogP contribution in [0, 0.1) is 5.82 Å². The summed E-state index contributed by atoms with van der Waals surface area (Å²) in [6.45, 7) is 6.20. The van der Waals surface area contributed by atoms with Crippen molar-refractivity contribution in [3.8, 4) is 0 Å². The van der Waals surface area contributed by atoms with E-state index in [-0.39, 0.29) is 18.5 Å². The average Bonchev–Trinajstić information content (AvgIpc) is 2.88. The third-order valence-corrected chi connectivity index (χ3v) is 5.05.